The van der Waals surface area contributed by atoms with Gasteiger partial charge in [0.25, 0.3) is 5.56 Å². The van der Waals surface area contributed by atoms with E-state index >= 15 is 0 Å². The lowest BCUT2D eigenvalue weighted by molar-refractivity contribution is 0.593. The maximum Gasteiger partial charge on any atom is 0.329 e. The molecule has 0 amide bonds. The van der Waals surface area contributed by atoms with Crippen LogP contribution in [0.5, 0.6) is 0 Å². The number of imidazole rings is 1. The van der Waals surface area contributed by atoms with Crippen LogP contribution in [0.25, 0.3) is 11.2 Å². The monoisotopic (exact) mass is 382 g/mol. The summed E-state index contributed by atoms with van der Waals surface area (Å²) >= 11 is 0. The second kappa shape index (κ2) is 8.69. The normalized spacial score (nSPS) is 11.9. The highest BCUT2D eigenvalue weighted by Gasteiger charge is 2.17. The van der Waals surface area contributed by atoms with Gasteiger partial charge in [0.2, 0.25) is 5.95 Å². The number of H-pyrrole nitrogens is 1. The molecule has 0 saturated heterocycles. The van der Waals surface area contributed by atoms with E-state index in [1.807, 2.05) is 41.8 Å². The zero-order chi connectivity index (χ0) is 20.1. The predicted octanol–water partition coefficient (Wildman–Crippen LogP) is 2.84. The van der Waals surface area contributed by atoms with E-state index in [2.05, 4.69) is 27.4 Å². The van der Waals surface area contributed by atoms with Crippen molar-refractivity contribution in [2.75, 3.05) is 5.43 Å². The molecule has 2 aromatic heterocycles. The average Bonchev–Trinajstić information content (AvgIpc) is 3.07. The molecule has 2 N–H and O–H groups in total. The SMILES string of the molecule is CCCCCCn1c(N/N=C(\C)c2ccccc2)nc2c1c(=O)[nH]c(=O)n2C. The Balaban J connectivity index is 2.00. The molecule has 0 spiro atoms. The van der Waals surface area contributed by atoms with E-state index in [4.69, 9.17) is 0 Å². The number of nitrogens with zero attached hydrogens (tertiary/aromatic N) is 4. The molecule has 8 heteroatoms. The van der Waals surface area contributed by atoms with Crippen molar-refractivity contribution in [3.63, 3.8) is 0 Å². The van der Waals surface area contributed by atoms with E-state index in [1.165, 1.54) is 4.57 Å². The smallest absolute Gasteiger partial charge is 0.303 e. The molecular weight excluding hydrogens is 356 g/mol. The molecule has 0 bridgehead atoms. The maximum absolute atomic E-state index is 12.4. The van der Waals surface area contributed by atoms with Crippen LogP contribution < -0.4 is 16.7 Å². The van der Waals surface area contributed by atoms with Crippen LogP contribution in [-0.4, -0.2) is 24.8 Å². The summed E-state index contributed by atoms with van der Waals surface area (Å²) in [5, 5.41) is 4.43. The molecule has 0 aliphatic heterocycles. The van der Waals surface area contributed by atoms with Crippen molar-refractivity contribution in [3.05, 3.63) is 56.7 Å². The van der Waals surface area contributed by atoms with Crippen LogP contribution in [0.1, 0.15) is 45.1 Å². The molecule has 2 heterocycles. The highest BCUT2D eigenvalue weighted by Crippen LogP contribution is 2.17. The minimum Gasteiger partial charge on any atom is -0.303 e. The molecule has 1 aromatic carbocycles. The Bertz CT molecular complexity index is 1090. The molecule has 0 atom stereocenters. The van der Waals surface area contributed by atoms with Crippen molar-refractivity contribution in [1.82, 2.24) is 19.1 Å². The number of hydrazone groups is 1. The molecule has 8 nitrogen and oxygen atoms in total. The van der Waals surface area contributed by atoms with Crippen LogP contribution in [0.4, 0.5) is 5.95 Å². The van der Waals surface area contributed by atoms with Crippen LogP contribution >= 0.6 is 0 Å². The summed E-state index contributed by atoms with van der Waals surface area (Å²) in [5.41, 5.74) is 4.59. The van der Waals surface area contributed by atoms with Crippen molar-refractivity contribution in [3.8, 4) is 0 Å². The van der Waals surface area contributed by atoms with Crippen molar-refractivity contribution in [2.45, 2.75) is 46.1 Å². The van der Waals surface area contributed by atoms with Gasteiger partial charge in [-0.2, -0.15) is 10.1 Å². The first kappa shape index (κ1) is 19.6. The van der Waals surface area contributed by atoms with E-state index < -0.39 is 11.2 Å². The van der Waals surface area contributed by atoms with E-state index in [0.29, 0.717) is 23.7 Å². The van der Waals surface area contributed by atoms with Gasteiger partial charge in [0, 0.05) is 13.6 Å². The number of benzene rings is 1. The lowest BCUT2D eigenvalue weighted by Crippen LogP contribution is -2.29. The van der Waals surface area contributed by atoms with Crippen LogP contribution in [0.2, 0.25) is 0 Å². The number of aromatic nitrogens is 4. The number of fused-ring (bicyclic) bond motifs is 1. The topological polar surface area (TPSA) is 97.1 Å². The molecule has 3 rings (SSSR count). The number of aryl methyl sites for hydroxylation is 2. The van der Waals surface area contributed by atoms with Gasteiger partial charge in [-0.05, 0) is 18.9 Å². The molecule has 0 saturated carbocycles. The molecule has 0 radical (unpaired) electrons. The summed E-state index contributed by atoms with van der Waals surface area (Å²) in [5.74, 6) is 0.452. The molecule has 0 aliphatic rings. The van der Waals surface area contributed by atoms with Gasteiger partial charge in [-0.3, -0.25) is 14.3 Å². The first-order chi connectivity index (χ1) is 13.5. The van der Waals surface area contributed by atoms with E-state index in [0.717, 1.165) is 37.0 Å². The van der Waals surface area contributed by atoms with Gasteiger partial charge in [0.15, 0.2) is 11.2 Å². The summed E-state index contributed by atoms with van der Waals surface area (Å²) in [6.45, 7) is 4.68. The maximum atomic E-state index is 12.4. The predicted molar refractivity (Wildman–Crippen MR) is 112 cm³/mol. The fraction of sp³-hybridized carbons (Fsp3) is 0.400. The largest absolute Gasteiger partial charge is 0.329 e. The molecule has 148 valence electrons. The number of rotatable bonds is 8. The van der Waals surface area contributed by atoms with E-state index in [1.54, 1.807) is 7.05 Å². The number of aromatic amines is 1. The lowest BCUT2D eigenvalue weighted by Gasteiger charge is -2.08. The minimum absolute atomic E-state index is 0.347. The Kier molecular flexibility index (Phi) is 6.08. The number of anilines is 1. The van der Waals surface area contributed by atoms with Gasteiger partial charge < -0.3 is 4.57 Å². The average molecular weight is 382 g/mol. The second-order valence-corrected chi connectivity index (χ2v) is 6.81. The van der Waals surface area contributed by atoms with Crippen molar-refractivity contribution < 1.29 is 0 Å². The highest BCUT2D eigenvalue weighted by atomic mass is 16.2. The van der Waals surface area contributed by atoms with Crippen LogP contribution in [0.15, 0.2) is 45.0 Å². The Morgan fingerprint density at radius 1 is 1.18 bits per heavy atom. The highest BCUT2D eigenvalue weighted by molar-refractivity contribution is 5.99. The third-order valence-corrected chi connectivity index (χ3v) is 4.76. The molecule has 0 unspecified atom stereocenters. The summed E-state index contributed by atoms with van der Waals surface area (Å²) in [6.07, 6.45) is 4.24. The summed E-state index contributed by atoms with van der Waals surface area (Å²) in [7, 11) is 1.59. The first-order valence-corrected chi connectivity index (χ1v) is 9.58. The van der Waals surface area contributed by atoms with Gasteiger partial charge in [-0.15, -0.1) is 0 Å². The fourth-order valence-corrected chi connectivity index (χ4v) is 3.11. The van der Waals surface area contributed by atoms with Gasteiger partial charge in [0.05, 0.1) is 5.71 Å². The summed E-state index contributed by atoms with van der Waals surface area (Å²) in [4.78, 5) is 31.2. The number of hydrogen-bond donors (Lipinski definition) is 2. The lowest BCUT2D eigenvalue weighted by atomic mass is 10.1. The van der Waals surface area contributed by atoms with Crippen LogP contribution in [0.3, 0.4) is 0 Å². The molecule has 3 aromatic rings. The Morgan fingerprint density at radius 2 is 1.93 bits per heavy atom. The number of hydrogen-bond acceptors (Lipinski definition) is 5. The second-order valence-electron chi connectivity index (χ2n) is 6.81. The van der Waals surface area contributed by atoms with Gasteiger partial charge in [-0.1, -0.05) is 56.5 Å². The number of unbranched alkanes of at least 4 members (excludes halogenated alkanes) is 3. The summed E-state index contributed by atoms with van der Waals surface area (Å²) < 4.78 is 3.16. The fourth-order valence-electron chi connectivity index (χ4n) is 3.11. The van der Waals surface area contributed by atoms with Crippen molar-refractivity contribution >= 4 is 22.8 Å². The van der Waals surface area contributed by atoms with E-state index in [-0.39, 0.29) is 0 Å². The van der Waals surface area contributed by atoms with Crippen LogP contribution in [0, 0.1) is 0 Å². The minimum atomic E-state index is -0.483. The Labute approximate surface area is 162 Å². The third-order valence-electron chi connectivity index (χ3n) is 4.76. The van der Waals surface area contributed by atoms with Gasteiger partial charge in [-0.25, -0.2) is 10.2 Å². The molecule has 0 fully saturated rings. The standard InChI is InChI=1S/C20H26N6O2/c1-4-5-6-10-13-26-16-17(25(3)20(28)22-18(16)27)21-19(26)24-23-14(2)15-11-8-7-9-12-15/h7-9,11-12H,4-6,10,13H2,1-3H3,(H,21,24)(H,22,27,28)/b23-14+. The summed E-state index contributed by atoms with van der Waals surface area (Å²) in [6, 6.07) is 9.80. The van der Waals surface area contributed by atoms with Crippen LogP contribution in [-0.2, 0) is 13.6 Å². The Hall–Kier alpha value is -3.16. The van der Waals surface area contributed by atoms with Crippen molar-refractivity contribution in [2.24, 2.45) is 12.1 Å². The number of nitrogens with one attached hydrogen (secondary N) is 2. The Morgan fingerprint density at radius 3 is 2.64 bits per heavy atom. The first-order valence-electron chi connectivity index (χ1n) is 9.58. The van der Waals surface area contributed by atoms with Crippen molar-refractivity contribution in [1.29, 1.82) is 0 Å². The third kappa shape index (κ3) is 4.05. The molecular formula is C20H26N6O2. The quantitative estimate of drug-likeness (QED) is 0.356. The zero-order valence-electron chi connectivity index (χ0n) is 16.5. The zero-order valence-corrected chi connectivity index (χ0v) is 16.5. The van der Waals surface area contributed by atoms with E-state index in [9.17, 15) is 9.59 Å². The molecule has 28 heavy (non-hydrogen) atoms. The van der Waals surface area contributed by atoms with Gasteiger partial charge in [0.1, 0.15) is 0 Å². The molecule has 0 aliphatic carbocycles. The van der Waals surface area contributed by atoms with Gasteiger partial charge >= 0.3 is 5.69 Å².